The van der Waals surface area contributed by atoms with Crippen molar-refractivity contribution >= 4 is 16.0 Å². The van der Waals surface area contributed by atoms with E-state index in [-0.39, 0.29) is 24.8 Å². The number of guanidine groups is 1. The summed E-state index contributed by atoms with van der Waals surface area (Å²) in [7, 11) is -1.60. The van der Waals surface area contributed by atoms with Crippen LogP contribution in [-0.2, 0) is 16.6 Å². The first kappa shape index (κ1) is 20.4. The van der Waals surface area contributed by atoms with Gasteiger partial charge in [-0.05, 0) is 12.5 Å². The molecule has 0 amide bonds. The van der Waals surface area contributed by atoms with Crippen molar-refractivity contribution in [3.8, 4) is 17.2 Å². The van der Waals surface area contributed by atoms with Gasteiger partial charge in [0.2, 0.25) is 16.8 Å². The first-order valence-corrected chi connectivity index (χ1v) is 10.3. The van der Waals surface area contributed by atoms with Crippen molar-refractivity contribution in [1.82, 2.24) is 14.9 Å². The van der Waals surface area contributed by atoms with E-state index < -0.39 is 16.6 Å². The number of nitrogens with zero attached hydrogens (tertiary/aromatic N) is 2. The van der Waals surface area contributed by atoms with E-state index in [0.717, 1.165) is 0 Å². The normalized spacial score (nSPS) is 18.5. The minimum atomic E-state index is -3.15. The number of aliphatic imine (C=N–C) groups is 1. The standard InChI is InChI=1S/C16H22F2N4O5S/c1-19-16(20-3-5-22-4-2-6-28(22,23)24)21-9-11-7-13-14(26-10-25-13)8-12(11)27-15(17)18/h7-8,15H,2-6,9-10H2,1H3,(H2,19,20,21). The number of rotatable bonds is 7. The number of halogens is 2. The third-order valence-electron chi connectivity index (χ3n) is 4.30. The average Bonchev–Trinajstić information content (AvgIpc) is 3.22. The molecule has 2 aliphatic rings. The lowest BCUT2D eigenvalue weighted by molar-refractivity contribution is -0.0505. The Morgan fingerprint density at radius 3 is 2.71 bits per heavy atom. The second kappa shape index (κ2) is 8.78. The van der Waals surface area contributed by atoms with Crippen LogP contribution in [0.4, 0.5) is 8.78 Å². The molecule has 12 heteroatoms. The maximum absolute atomic E-state index is 12.7. The van der Waals surface area contributed by atoms with Gasteiger partial charge in [-0.25, -0.2) is 12.7 Å². The lowest BCUT2D eigenvalue weighted by Gasteiger charge is -2.17. The second-order valence-corrected chi connectivity index (χ2v) is 8.20. The zero-order valence-corrected chi connectivity index (χ0v) is 16.1. The number of hydrogen-bond donors (Lipinski definition) is 2. The number of benzene rings is 1. The molecule has 2 aliphatic heterocycles. The fourth-order valence-corrected chi connectivity index (χ4v) is 4.48. The van der Waals surface area contributed by atoms with Crippen LogP contribution in [0.1, 0.15) is 12.0 Å². The van der Waals surface area contributed by atoms with Crippen molar-refractivity contribution in [2.45, 2.75) is 19.6 Å². The molecule has 1 aromatic rings. The number of nitrogens with one attached hydrogen (secondary N) is 2. The molecule has 1 fully saturated rings. The number of ether oxygens (including phenoxy) is 3. The molecule has 1 saturated heterocycles. The molecule has 0 atom stereocenters. The fraction of sp³-hybridized carbons (Fsp3) is 0.562. The molecule has 2 N–H and O–H groups in total. The van der Waals surface area contributed by atoms with E-state index >= 15 is 0 Å². The summed E-state index contributed by atoms with van der Waals surface area (Å²) in [4.78, 5) is 4.05. The summed E-state index contributed by atoms with van der Waals surface area (Å²) in [6.45, 7) is -1.61. The Labute approximate surface area is 161 Å². The average molecular weight is 420 g/mol. The largest absolute Gasteiger partial charge is 0.454 e. The molecular formula is C16H22F2N4O5S. The summed E-state index contributed by atoms with van der Waals surface area (Å²) in [5.41, 5.74) is 0.439. The number of alkyl halides is 2. The van der Waals surface area contributed by atoms with Crippen LogP contribution in [0.2, 0.25) is 0 Å². The molecule has 0 unspecified atom stereocenters. The summed E-state index contributed by atoms with van der Waals surface area (Å²) in [6, 6.07) is 2.93. The summed E-state index contributed by atoms with van der Waals surface area (Å²) < 4.78 is 65.4. The van der Waals surface area contributed by atoms with Crippen molar-refractivity contribution < 1.29 is 31.4 Å². The maximum atomic E-state index is 12.7. The van der Waals surface area contributed by atoms with E-state index in [9.17, 15) is 17.2 Å². The molecule has 9 nitrogen and oxygen atoms in total. The lowest BCUT2D eigenvalue weighted by Crippen LogP contribution is -2.41. The molecule has 3 rings (SSSR count). The van der Waals surface area contributed by atoms with E-state index in [1.807, 2.05) is 0 Å². The van der Waals surface area contributed by atoms with Crippen LogP contribution in [-0.4, -0.2) is 64.5 Å². The SMILES string of the molecule is CN=C(NCCN1CCCS1(=O)=O)NCc1cc2c(cc1OC(F)F)OCO2. The first-order chi connectivity index (χ1) is 13.4. The van der Waals surface area contributed by atoms with E-state index in [1.54, 1.807) is 13.1 Å². The summed E-state index contributed by atoms with van der Waals surface area (Å²) >= 11 is 0. The number of fused-ring (bicyclic) bond motifs is 1. The van der Waals surface area contributed by atoms with Gasteiger partial charge in [0.1, 0.15) is 5.75 Å². The predicted octanol–water partition coefficient (Wildman–Crippen LogP) is 0.717. The highest BCUT2D eigenvalue weighted by atomic mass is 32.2. The molecule has 0 spiro atoms. The van der Waals surface area contributed by atoms with Gasteiger partial charge in [-0.1, -0.05) is 0 Å². The minimum absolute atomic E-state index is 0.0168. The van der Waals surface area contributed by atoms with E-state index in [0.29, 0.717) is 49.1 Å². The number of sulfonamides is 1. The van der Waals surface area contributed by atoms with Gasteiger partial charge in [0.05, 0.1) is 5.75 Å². The molecule has 2 heterocycles. The highest BCUT2D eigenvalue weighted by molar-refractivity contribution is 7.89. The van der Waals surface area contributed by atoms with Crippen LogP contribution in [0.5, 0.6) is 17.2 Å². The topological polar surface area (TPSA) is 101 Å². The molecule has 0 radical (unpaired) electrons. The van der Waals surface area contributed by atoms with Gasteiger partial charge < -0.3 is 24.8 Å². The van der Waals surface area contributed by atoms with Gasteiger partial charge in [0, 0.05) is 44.9 Å². The zero-order chi connectivity index (χ0) is 20.1. The molecular weight excluding hydrogens is 398 g/mol. The fourth-order valence-electron chi connectivity index (χ4n) is 2.95. The molecule has 1 aromatic carbocycles. The van der Waals surface area contributed by atoms with E-state index in [4.69, 9.17) is 9.47 Å². The van der Waals surface area contributed by atoms with Gasteiger partial charge in [-0.2, -0.15) is 8.78 Å². The Morgan fingerprint density at radius 2 is 2.07 bits per heavy atom. The van der Waals surface area contributed by atoms with Crippen LogP contribution in [0, 0.1) is 0 Å². The Balaban J connectivity index is 1.57. The summed E-state index contributed by atoms with van der Waals surface area (Å²) in [5.74, 6) is 1.34. The molecule has 0 aromatic heterocycles. The second-order valence-electron chi connectivity index (χ2n) is 6.11. The maximum Gasteiger partial charge on any atom is 0.387 e. The van der Waals surface area contributed by atoms with Gasteiger partial charge in [0.25, 0.3) is 0 Å². The zero-order valence-electron chi connectivity index (χ0n) is 15.3. The molecule has 28 heavy (non-hydrogen) atoms. The third-order valence-corrected chi connectivity index (χ3v) is 6.26. The van der Waals surface area contributed by atoms with Crippen molar-refractivity contribution in [2.24, 2.45) is 4.99 Å². The van der Waals surface area contributed by atoms with Crippen LogP contribution in [0.3, 0.4) is 0 Å². The van der Waals surface area contributed by atoms with Gasteiger partial charge in [-0.15, -0.1) is 0 Å². The van der Waals surface area contributed by atoms with Crippen LogP contribution in [0.25, 0.3) is 0 Å². The number of hydrogen-bond acceptors (Lipinski definition) is 6. The van der Waals surface area contributed by atoms with Gasteiger partial charge in [-0.3, -0.25) is 4.99 Å². The molecule has 0 bridgehead atoms. The molecule has 0 aliphatic carbocycles. The highest BCUT2D eigenvalue weighted by Crippen LogP contribution is 2.38. The van der Waals surface area contributed by atoms with E-state index in [1.165, 1.54) is 10.4 Å². The van der Waals surface area contributed by atoms with Crippen molar-refractivity contribution in [3.05, 3.63) is 17.7 Å². The van der Waals surface area contributed by atoms with Gasteiger partial charge >= 0.3 is 6.61 Å². The van der Waals surface area contributed by atoms with Crippen LogP contribution < -0.4 is 24.8 Å². The highest BCUT2D eigenvalue weighted by Gasteiger charge is 2.27. The van der Waals surface area contributed by atoms with Gasteiger partial charge in [0.15, 0.2) is 17.5 Å². The monoisotopic (exact) mass is 420 g/mol. The summed E-state index contributed by atoms with van der Waals surface area (Å²) in [5, 5.41) is 5.99. The van der Waals surface area contributed by atoms with Crippen molar-refractivity contribution in [2.75, 3.05) is 39.2 Å². The minimum Gasteiger partial charge on any atom is -0.454 e. The Morgan fingerprint density at radius 1 is 1.32 bits per heavy atom. The molecule has 156 valence electrons. The summed E-state index contributed by atoms with van der Waals surface area (Å²) in [6.07, 6.45) is 0.631. The first-order valence-electron chi connectivity index (χ1n) is 8.69. The quantitative estimate of drug-likeness (QED) is 0.495. The van der Waals surface area contributed by atoms with Crippen molar-refractivity contribution in [3.63, 3.8) is 0 Å². The third kappa shape index (κ3) is 4.93. The van der Waals surface area contributed by atoms with Crippen LogP contribution in [0.15, 0.2) is 17.1 Å². The van der Waals surface area contributed by atoms with E-state index in [2.05, 4.69) is 20.4 Å². The van der Waals surface area contributed by atoms with Crippen LogP contribution >= 0.6 is 0 Å². The lowest BCUT2D eigenvalue weighted by atomic mass is 10.1. The Kier molecular flexibility index (Phi) is 6.39. The Hall–Kier alpha value is -2.34. The predicted molar refractivity (Wildman–Crippen MR) is 97.4 cm³/mol. The Bertz CT molecular complexity index is 835. The molecule has 0 saturated carbocycles. The smallest absolute Gasteiger partial charge is 0.387 e. The van der Waals surface area contributed by atoms with Crippen molar-refractivity contribution in [1.29, 1.82) is 0 Å².